The largest absolute Gasteiger partial charge is 0.481 e. The van der Waals surface area contributed by atoms with E-state index < -0.39 is 11.9 Å². The van der Waals surface area contributed by atoms with E-state index in [4.69, 9.17) is 10.2 Å². The zero-order chi connectivity index (χ0) is 10.6. The smallest absolute Gasteiger partial charge is 0.307 e. The molecule has 0 bridgehead atoms. The van der Waals surface area contributed by atoms with Crippen molar-refractivity contribution in [2.75, 3.05) is 0 Å². The fourth-order valence-electron chi connectivity index (χ4n) is 1.20. The van der Waals surface area contributed by atoms with Gasteiger partial charge in [-0.05, 0) is 11.1 Å². The summed E-state index contributed by atoms with van der Waals surface area (Å²) in [5, 5.41) is 17.0. The van der Waals surface area contributed by atoms with Crippen molar-refractivity contribution >= 4 is 11.9 Å². The molecular formula is C10H10O4Zn. The van der Waals surface area contributed by atoms with Crippen LogP contribution in [0.1, 0.15) is 11.1 Å². The van der Waals surface area contributed by atoms with E-state index >= 15 is 0 Å². The van der Waals surface area contributed by atoms with Gasteiger partial charge in [0, 0.05) is 19.5 Å². The molecule has 1 aromatic carbocycles. The van der Waals surface area contributed by atoms with E-state index in [0.29, 0.717) is 11.1 Å². The van der Waals surface area contributed by atoms with Crippen LogP contribution in [0.2, 0.25) is 0 Å². The first-order chi connectivity index (χ1) is 6.58. The SMILES string of the molecule is O=C(O)Cc1cccc(CC(=O)O)c1.[Zn]. The van der Waals surface area contributed by atoms with Crippen molar-refractivity contribution in [2.24, 2.45) is 0 Å². The Morgan fingerprint density at radius 2 is 1.40 bits per heavy atom. The number of carboxylic acids is 2. The first kappa shape index (κ1) is 13.8. The zero-order valence-corrected chi connectivity index (χ0v) is 11.1. The van der Waals surface area contributed by atoms with Crippen LogP contribution in [0.4, 0.5) is 0 Å². The number of carboxylic acid groups (broad SMARTS) is 2. The molecule has 0 heterocycles. The Kier molecular flexibility index (Phi) is 5.79. The third-order valence-corrected chi connectivity index (χ3v) is 1.70. The Bertz CT molecular complexity index is 331. The third kappa shape index (κ3) is 5.28. The van der Waals surface area contributed by atoms with Crippen molar-refractivity contribution in [3.8, 4) is 0 Å². The van der Waals surface area contributed by atoms with Crippen LogP contribution < -0.4 is 0 Å². The predicted octanol–water partition coefficient (Wildman–Crippen LogP) is 0.938. The van der Waals surface area contributed by atoms with Gasteiger partial charge in [-0.25, -0.2) is 0 Å². The van der Waals surface area contributed by atoms with E-state index in [2.05, 4.69) is 0 Å². The number of hydrogen-bond donors (Lipinski definition) is 2. The first-order valence-corrected chi connectivity index (χ1v) is 4.09. The molecule has 76 valence electrons. The van der Waals surface area contributed by atoms with Crippen LogP contribution in [-0.2, 0) is 41.9 Å². The quantitative estimate of drug-likeness (QED) is 0.789. The molecular weight excluding hydrogens is 249 g/mol. The van der Waals surface area contributed by atoms with Crippen molar-refractivity contribution in [3.63, 3.8) is 0 Å². The Morgan fingerprint density at radius 3 is 1.73 bits per heavy atom. The van der Waals surface area contributed by atoms with Crippen LogP contribution in [0.5, 0.6) is 0 Å². The van der Waals surface area contributed by atoms with Gasteiger partial charge in [-0.1, -0.05) is 24.3 Å². The topological polar surface area (TPSA) is 74.6 Å². The summed E-state index contributed by atoms with van der Waals surface area (Å²) in [6.45, 7) is 0. The fourth-order valence-corrected chi connectivity index (χ4v) is 1.20. The molecule has 0 aliphatic rings. The number of hydrogen-bond acceptors (Lipinski definition) is 2. The maximum atomic E-state index is 10.4. The molecule has 0 saturated heterocycles. The fraction of sp³-hybridized carbons (Fsp3) is 0.200. The molecule has 5 heteroatoms. The summed E-state index contributed by atoms with van der Waals surface area (Å²) < 4.78 is 0. The Hall–Kier alpha value is -1.22. The molecule has 15 heavy (non-hydrogen) atoms. The van der Waals surface area contributed by atoms with Crippen LogP contribution >= 0.6 is 0 Å². The van der Waals surface area contributed by atoms with Crippen LogP contribution in [-0.4, -0.2) is 22.2 Å². The van der Waals surface area contributed by atoms with Gasteiger partial charge in [0.05, 0.1) is 12.8 Å². The summed E-state index contributed by atoms with van der Waals surface area (Å²) in [5.41, 5.74) is 1.24. The minimum atomic E-state index is -0.919. The van der Waals surface area contributed by atoms with Gasteiger partial charge in [0.2, 0.25) is 0 Å². The molecule has 1 rings (SSSR count). The van der Waals surface area contributed by atoms with Crippen LogP contribution in [0, 0.1) is 0 Å². The number of benzene rings is 1. The van der Waals surface area contributed by atoms with E-state index in [-0.39, 0.29) is 32.3 Å². The molecule has 0 saturated carbocycles. The average Bonchev–Trinajstić information content (AvgIpc) is 2.01. The Morgan fingerprint density at radius 1 is 1.00 bits per heavy atom. The Balaban J connectivity index is 0.00000196. The normalized spacial score (nSPS) is 9.07. The number of aliphatic carboxylic acids is 2. The van der Waals surface area contributed by atoms with E-state index in [1.54, 1.807) is 24.3 Å². The summed E-state index contributed by atoms with van der Waals surface area (Å²) >= 11 is 0. The molecule has 0 atom stereocenters. The second-order valence-corrected chi connectivity index (χ2v) is 2.96. The van der Waals surface area contributed by atoms with Crippen molar-refractivity contribution in [1.29, 1.82) is 0 Å². The van der Waals surface area contributed by atoms with Crippen molar-refractivity contribution in [3.05, 3.63) is 35.4 Å². The monoisotopic (exact) mass is 258 g/mol. The van der Waals surface area contributed by atoms with E-state index in [0.717, 1.165) is 0 Å². The average molecular weight is 260 g/mol. The molecule has 0 radical (unpaired) electrons. The van der Waals surface area contributed by atoms with Gasteiger partial charge in [-0.15, -0.1) is 0 Å². The standard InChI is InChI=1S/C10H10O4.Zn/c11-9(12)5-7-2-1-3-8(4-7)6-10(13)14;/h1-4H,5-6H2,(H,11,12)(H,13,14);. The van der Waals surface area contributed by atoms with Gasteiger partial charge < -0.3 is 10.2 Å². The third-order valence-electron chi connectivity index (χ3n) is 1.70. The first-order valence-electron chi connectivity index (χ1n) is 4.09. The van der Waals surface area contributed by atoms with Crippen LogP contribution in [0.25, 0.3) is 0 Å². The molecule has 4 nitrogen and oxygen atoms in total. The molecule has 2 N–H and O–H groups in total. The van der Waals surface area contributed by atoms with Crippen molar-refractivity contribution < 1.29 is 39.3 Å². The predicted molar refractivity (Wildman–Crippen MR) is 49.1 cm³/mol. The summed E-state index contributed by atoms with van der Waals surface area (Å²) in [7, 11) is 0. The molecule has 0 amide bonds. The molecule has 0 aliphatic carbocycles. The zero-order valence-electron chi connectivity index (χ0n) is 8.14. The van der Waals surface area contributed by atoms with E-state index in [1.807, 2.05) is 0 Å². The minimum Gasteiger partial charge on any atom is -0.481 e. The number of rotatable bonds is 4. The van der Waals surface area contributed by atoms with Gasteiger partial charge in [0.1, 0.15) is 0 Å². The van der Waals surface area contributed by atoms with E-state index in [9.17, 15) is 9.59 Å². The summed E-state index contributed by atoms with van der Waals surface area (Å²) in [5.74, 6) is -1.84. The van der Waals surface area contributed by atoms with Gasteiger partial charge in [0.25, 0.3) is 0 Å². The molecule has 0 spiro atoms. The van der Waals surface area contributed by atoms with Gasteiger partial charge in [-0.3, -0.25) is 9.59 Å². The van der Waals surface area contributed by atoms with Crippen LogP contribution in [0.3, 0.4) is 0 Å². The summed E-state index contributed by atoms with van der Waals surface area (Å²) in [6, 6.07) is 6.59. The number of carbonyl (C=O) groups is 2. The van der Waals surface area contributed by atoms with Crippen molar-refractivity contribution in [2.45, 2.75) is 12.8 Å². The second kappa shape index (κ2) is 6.30. The second-order valence-electron chi connectivity index (χ2n) is 2.96. The Labute approximate surface area is 99.7 Å². The molecule has 1 aromatic rings. The van der Waals surface area contributed by atoms with Gasteiger partial charge in [0.15, 0.2) is 0 Å². The van der Waals surface area contributed by atoms with Gasteiger partial charge >= 0.3 is 11.9 Å². The maximum absolute atomic E-state index is 10.4. The maximum Gasteiger partial charge on any atom is 0.307 e. The molecule has 0 aromatic heterocycles. The van der Waals surface area contributed by atoms with E-state index in [1.165, 1.54) is 0 Å². The molecule has 0 fully saturated rings. The molecule has 0 unspecified atom stereocenters. The minimum absolute atomic E-state index is 0. The molecule has 0 aliphatic heterocycles. The van der Waals surface area contributed by atoms with Crippen molar-refractivity contribution in [1.82, 2.24) is 0 Å². The van der Waals surface area contributed by atoms with Crippen LogP contribution in [0.15, 0.2) is 24.3 Å². The summed E-state index contributed by atoms with van der Waals surface area (Å²) in [6.07, 6.45) is -0.152. The summed E-state index contributed by atoms with van der Waals surface area (Å²) in [4.78, 5) is 20.8. The van der Waals surface area contributed by atoms with Gasteiger partial charge in [-0.2, -0.15) is 0 Å².